The molecule has 2 heterocycles. The Kier molecular flexibility index (Phi) is 7.05. The van der Waals surface area contributed by atoms with E-state index in [4.69, 9.17) is 0 Å². The van der Waals surface area contributed by atoms with E-state index in [0.717, 1.165) is 31.5 Å². The zero-order valence-electron chi connectivity index (χ0n) is 18.5. The highest BCUT2D eigenvalue weighted by atomic mass is 19.3. The molecule has 6 nitrogen and oxygen atoms in total. The lowest BCUT2D eigenvalue weighted by atomic mass is 9.90. The highest BCUT2D eigenvalue weighted by Crippen LogP contribution is 2.28. The first-order chi connectivity index (χ1) is 16.0. The zero-order chi connectivity index (χ0) is 23.4. The van der Waals surface area contributed by atoms with Gasteiger partial charge in [-0.1, -0.05) is 12.1 Å². The van der Waals surface area contributed by atoms with Crippen molar-refractivity contribution in [3.05, 3.63) is 59.9 Å². The minimum absolute atomic E-state index is 0.0686. The van der Waals surface area contributed by atoms with E-state index in [1.807, 2.05) is 19.2 Å². The molecule has 0 unspecified atom stereocenters. The van der Waals surface area contributed by atoms with Crippen LogP contribution in [0.25, 0.3) is 5.65 Å². The molecule has 1 saturated carbocycles. The minimum Gasteiger partial charge on any atom is -0.382 e. The molecule has 1 aliphatic carbocycles. The first kappa shape index (κ1) is 22.9. The van der Waals surface area contributed by atoms with Gasteiger partial charge in [0.25, 0.3) is 12.3 Å². The molecule has 1 aliphatic rings. The number of nitrogens with zero attached hydrogens (tertiary/aromatic N) is 3. The van der Waals surface area contributed by atoms with Gasteiger partial charge in [0, 0.05) is 43.1 Å². The molecule has 1 fully saturated rings. The lowest BCUT2D eigenvalue weighted by Crippen LogP contribution is -2.43. The second kappa shape index (κ2) is 10.1. The summed E-state index contributed by atoms with van der Waals surface area (Å²) in [5.74, 6) is 0.676. The van der Waals surface area contributed by atoms with Crippen molar-refractivity contribution in [2.75, 3.05) is 30.5 Å². The van der Waals surface area contributed by atoms with Crippen LogP contribution in [0.5, 0.6) is 0 Å². The van der Waals surface area contributed by atoms with Gasteiger partial charge in [-0.3, -0.25) is 9.20 Å². The first-order valence-corrected chi connectivity index (χ1v) is 11.2. The van der Waals surface area contributed by atoms with Gasteiger partial charge in [0.05, 0.1) is 0 Å². The van der Waals surface area contributed by atoms with Gasteiger partial charge < -0.3 is 15.5 Å². The third-order valence-electron chi connectivity index (χ3n) is 6.20. The summed E-state index contributed by atoms with van der Waals surface area (Å²) >= 11 is 0. The van der Waals surface area contributed by atoms with E-state index in [-0.39, 0.29) is 30.2 Å². The number of rotatable bonds is 8. The Morgan fingerprint density at radius 1 is 1.18 bits per heavy atom. The van der Waals surface area contributed by atoms with Crippen LogP contribution in [0.1, 0.15) is 48.2 Å². The molecule has 1 aromatic carbocycles. The second-order valence-electron chi connectivity index (χ2n) is 8.37. The molecule has 0 radical (unpaired) electrons. The molecule has 176 valence electrons. The fourth-order valence-corrected chi connectivity index (χ4v) is 4.43. The number of pyridine rings is 1. The Bertz CT molecular complexity index is 1090. The number of hydrogen-bond acceptors (Lipinski definition) is 4. The van der Waals surface area contributed by atoms with Gasteiger partial charge in [-0.2, -0.15) is 0 Å². The summed E-state index contributed by atoms with van der Waals surface area (Å²) in [6.07, 6.45) is 2.17. The Balaban J connectivity index is 1.36. The summed E-state index contributed by atoms with van der Waals surface area (Å²) in [6.45, 7) is -0.268. The van der Waals surface area contributed by atoms with Crippen molar-refractivity contribution in [2.45, 2.75) is 44.2 Å². The summed E-state index contributed by atoms with van der Waals surface area (Å²) in [4.78, 5) is 18.8. The van der Waals surface area contributed by atoms with Gasteiger partial charge in [-0.05, 0) is 56.0 Å². The number of imidazole rings is 1. The number of hydrogen-bond donors (Lipinski definition) is 2. The molecule has 2 N–H and O–H groups in total. The number of nitrogens with one attached hydrogen (secondary N) is 2. The van der Waals surface area contributed by atoms with Gasteiger partial charge in [-0.25, -0.2) is 18.2 Å². The van der Waals surface area contributed by atoms with Gasteiger partial charge >= 0.3 is 0 Å². The number of fused-ring (bicyclic) bond motifs is 1. The maximum atomic E-state index is 13.1. The fraction of sp³-hybridized carbons (Fsp3) is 0.417. The number of benzene rings is 1. The molecule has 2 aromatic heterocycles. The fourth-order valence-electron chi connectivity index (χ4n) is 4.43. The average molecular weight is 460 g/mol. The molecular formula is C24H28F3N5O. The molecular weight excluding hydrogens is 431 g/mol. The summed E-state index contributed by atoms with van der Waals surface area (Å²) in [7, 11) is 1.97. The number of alkyl halides is 3. The Morgan fingerprint density at radius 3 is 2.67 bits per heavy atom. The molecule has 4 rings (SSSR count). The maximum absolute atomic E-state index is 13.1. The number of anilines is 2. The van der Waals surface area contributed by atoms with Crippen LogP contribution in [0.4, 0.5) is 24.7 Å². The number of halogens is 3. The summed E-state index contributed by atoms with van der Waals surface area (Å²) in [5, 5.41) is 6.04. The van der Waals surface area contributed by atoms with Crippen LogP contribution in [0.2, 0.25) is 0 Å². The minimum atomic E-state index is -2.61. The highest BCUT2D eigenvalue weighted by molar-refractivity contribution is 5.95. The lowest BCUT2D eigenvalue weighted by molar-refractivity contribution is 0.0925. The quantitative estimate of drug-likeness (QED) is 0.507. The molecule has 0 saturated heterocycles. The number of aromatic nitrogens is 2. The predicted molar refractivity (Wildman–Crippen MR) is 123 cm³/mol. The van der Waals surface area contributed by atoms with Crippen LogP contribution in [0.15, 0.2) is 48.7 Å². The topological polar surface area (TPSA) is 61.7 Å². The van der Waals surface area contributed by atoms with Crippen LogP contribution in [-0.4, -0.2) is 47.6 Å². The van der Waals surface area contributed by atoms with E-state index in [2.05, 4.69) is 20.5 Å². The third kappa shape index (κ3) is 5.23. The van der Waals surface area contributed by atoms with E-state index in [0.29, 0.717) is 16.9 Å². The first-order valence-electron chi connectivity index (χ1n) is 11.2. The van der Waals surface area contributed by atoms with E-state index < -0.39 is 13.1 Å². The van der Waals surface area contributed by atoms with Crippen LogP contribution >= 0.6 is 0 Å². The van der Waals surface area contributed by atoms with Crippen molar-refractivity contribution >= 4 is 23.1 Å². The van der Waals surface area contributed by atoms with Crippen molar-refractivity contribution in [2.24, 2.45) is 0 Å². The molecule has 33 heavy (non-hydrogen) atoms. The van der Waals surface area contributed by atoms with Crippen LogP contribution in [-0.2, 0) is 0 Å². The van der Waals surface area contributed by atoms with Crippen LogP contribution in [0.3, 0.4) is 0 Å². The summed E-state index contributed by atoms with van der Waals surface area (Å²) < 4.78 is 40.3. The zero-order valence-corrected chi connectivity index (χ0v) is 18.5. The number of carbonyl (C=O) groups is 1. The number of carbonyl (C=O) groups excluding carboxylic acids is 1. The summed E-state index contributed by atoms with van der Waals surface area (Å²) in [5.41, 5.74) is 1.53. The molecule has 1 amide bonds. The van der Waals surface area contributed by atoms with Gasteiger partial charge in [0.2, 0.25) is 0 Å². The highest BCUT2D eigenvalue weighted by Gasteiger charge is 2.27. The third-order valence-corrected chi connectivity index (χ3v) is 6.20. The van der Waals surface area contributed by atoms with Gasteiger partial charge in [-0.15, -0.1) is 0 Å². The number of amides is 1. The van der Waals surface area contributed by atoms with E-state index in [1.165, 1.54) is 6.20 Å². The van der Waals surface area contributed by atoms with Gasteiger partial charge in [0.1, 0.15) is 23.8 Å². The Labute approximate surface area is 190 Å². The second-order valence-corrected chi connectivity index (χ2v) is 8.37. The molecule has 0 spiro atoms. The van der Waals surface area contributed by atoms with E-state index >= 15 is 0 Å². The molecule has 3 aromatic rings. The maximum Gasteiger partial charge on any atom is 0.281 e. The molecule has 0 bridgehead atoms. The average Bonchev–Trinajstić information content (AvgIpc) is 3.28. The van der Waals surface area contributed by atoms with Crippen molar-refractivity contribution in [1.29, 1.82) is 0 Å². The van der Waals surface area contributed by atoms with Crippen molar-refractivity contribution in [3.8, 4) is 0 Å². The Morgan fingerprint density at radius 2 is 1.94 bits per heavy atom. The standard InChI is InChI=1S/C24H28F3N5O/c1-31(22-7-3-6-21-30-20(23(26)27)15-32(21)22)19-10-8-17(9-11-19)29-24(33)16-4-2-5-18(14-16)28-13-12-25/h2-7,14-15,17,19,23,28H,8-13H2,1H3,(H,29,33)/t17-,19+. The van der Waals surface area contributed by atoms with Crippen LogP contribution < -0.4 is 15.5 Å². The Hall–Kier alpha value is -3.23. The largest absolute Gasteiger partial charge is 0.382 e. The van der Waals surface area contributed by atoms with E-state index in [9.17, 15) is 18.0 Å². The molecule has 9 heteroatoms. The normalized spacial score (nSPS) is 18.5. The van der Waals surface area contributed by atoms with Crippen LogP contribution in [0, 0.1) is 0 Å². The predicted octanol–water partition coefficient (Wildman–Crippen LogP) is 4.83. The smallest absolute Gasteiger partial charge is 0.281 e. The van der Waals surface area contributed by atoms with Gasteiger partial charge in [0.15, 0.2) is 0 Å². The van der Waals surface area contributed by atoms with E-state index in [1.54, 1.807) is 34.7 Å². The monoisotopic (exact) mass is 459 g/mol. The molecule has 0 aliphatic heterocycles. The molecule has 0 atom stereocenters. The lowest BCUT2D eigenvalue weighted by Gasteiger charge is -2.36. The van der Waals surface area contributed by atoms with Crippen molar-refractivity contribution < 1.29 is 18.0 Å². The summed E-state index contributed by atoms with van der Waals surface area (Å²) in [6, 6.07) is 12.8. The van der Waals surface area contributed by atoms with Crippen molar-refractivity contribution in [1.82, 2.24) is 14.7 Å². The van der Waals surface area contributed by atoms with Crippen molar-refractivity contribution in [3.63, 3.8) is 0 Å². The SMILES string of the molecule is CN(c1cccc2nc(C(F)F)cn12)[C@H]1CC[C@@H](NC(=O)c2cccc(NCCF)c2)CC1.